The van der Waals surface area contributed by atoms with Gasteiger partial charge in [-0.05, 0) is 36.4 Å². The molecule has 192 valence electrons. The fourth-order valence-electron chi connectivity index (χ4n) is 3.65. The van der Waals surface area contributed by atoms with Gasteiger partial charge in [-0.25, -0.2) is 4.79 Å². The molecule has 3 aromatic rings. The molecule has 0 radical (unpaired) electrons. The lowest BCUT2D eigenvalue weighted by molar-refractivity contribution is -0.143. The molecular formula is C26H29BF4NO3P. The van der Waals surface area contributed by atoms with Gasteiger partial charge in [0, 0.05) is 5.41 Å². The van der Waals surface area contributed by atoms with Gasteiger partial charge in [0.25, 0.3) is 5.78 Å². The molecule has 0 aliphatic heterocycles. The number of esters is 1. The third-order valence-electron chi connectivity index (χ3n) is 5.25. The third kappa shape index (κ3) is 7.41. The van der Waals surface area contributed by atoms with Gasteiger partial charge in [-0.3, -0.25) is 4.79 Å². The number of halogens is 4. The largest absolute Gasteiger partial charge is 0.673 e. The average Bonchev–Trinajstić information content (AvgIpc) is 2.83. The number of ether oxygens (including phenoxy) is 1. The molecule has 0 spiro atoms. The van der Waals surface area contributed by atoms with E-state index in [9.17, 15) is 26.9 Å². The van der Waals surface area contributed by atoms with Crippen LogP contribution < -0.4 is 21.2 Å². The van der Waals surface area contributed by atoms with Crippen molar-refractivity contribution in [1.29, 1.82) is 0 Å². The molecule has 1 amide bonds. The van der Waals surface area contributed by atoms with Crippen LogP contribution in [-0.2, 0) is 14.3 Å². The van der Waals surface area contributed by atoms with Crippen LogP contribution in [0.4, 0.5) is 17.3 Å². The molecule has 0 saturated carbocycles. The number of nitrogens with one attached hydrogen (secondary N) is 1. The Bertz CT molecular complexity index is 1020. The first-order chi connectivity index (χ1) is 16.8. The van der Waals surface area contributed by atoms with Crippen LogP contribution in [0.15, 0.2) is 91.0 Å². The number of benzene rings is 3. The Hall–Kier alpha value is -3.19. The van der Waals surface area contributed by atoms with Crippen LogP contribution in [0.1, 0.15) is 20.8 Å². The smallest absolute Gasteiger partial charge is 0.465 e. The van der Waals surface area contributed by atoms with E-state index in [-0.39, 0.29) is 5.91 Å². The summed E-state index contributed by atoms with van der Waals surface area (Å²) in [6.07, 6.45) is 0. The molecule has 10 heteroatoms. The predicted molar refractivity (Wildman–Crippen MR) is 139 cm³/mol. The van der Waals surface area contributed by atoms with Crippen LogP contribution in [-0.4, -0.2) is 32.0 Å². The molecule has 0 heterocycles. The van der Waals surface area contributed by atoms with Gasteiger partial charge in [-0.1, -0.05) is 75.4 Å². The first kappa shape index (κ1) is 29.0. The van der Waals surface area contributed by atoms with Crippen LogP contribution in [0.2, 0.25) is 0 Å². The van der Waals surface area contributed by atoms with E-state index in [1.54, 1.807) is 0 Å². The fourth-order valence-corrected chi connectivity index (χ4v) is 8.10. The quantitative estimate of drug-likeness (QED) is 0.217. The summed E-state index contributed by atoms with van der Waals surface area (Å²) in [5.41, 5.74) is -0.661. The number of amides is 1. The minimum Gasteiger partial charge on any atom is -0.465 e. The van der Waals surface area contributed by atoms with E-state index in [1.165, 1.54) is 7.11 Å². The number of carbonyl (C=O) groups excluding carboxylic acids is 2. The molecule has 0 bridgehead atoms. The van der Waals surface area contributed by atoms with Crippen molar-refractivity contribution in [3.05, 3.63) is 91.0 Å². The van der Waals surface area contributed by atoms with Gasteiger partial charge >= 0.3 is 13.2 Å². The van der Waals surface area contributed by atoms with Crippen LogP contribution in [0, 0.1) is 5.41 Å². The minimum absolute atomic E-state index is 0.199. The van der Waals surface area contributed by atoms with Gasteiger partial charge in [0.05, 0.1) is 7.11 Å². The van der Waals surface area contributed by atoms with Crippen molar-refractivity contribution in [2.75, 3.05) is 7.11 Å². The lowest BCUT2D eigenvalue weighted by Gasteiger charge is -2.34. The topological polar surface area (TPSA) is 55.4 Å². The molecule has 3 aromatic carbocycles. The summed E-state index contributed by atoms with van der Waals surface area (Å²) >= 11 is 0. The van der Waals surface area contributed by atoms with Crippen molar-refractivity contribution in [2.24, 2.45) is 5.41 Å². The second kappa shape index (κ2) is 12.2. The Balaban J connectivity index is 0.000000830. The molecule has 3 rings (SSSR count). The normalized spacial score (nSPS) is 12.6. The van der Waals surface area contributed by atoms with Gasteiger partial charge in [0.1, 0.15) is 23.2 Å². The molecule has 4 nitrogen and oxygen atoms in total. The summed E-state index contributed by atoms with van der Waals surface area (Å²) in [6, 6.07) is 29.9. The summed E-state index contributed by atoms with van der Waals surface area (Å²) in [6.45, 7) is 5.51. The van der Waals surface area contributed by atoms with E-state index in [4.69, 9.17) is 4.74 Å². The Morgan fingerprint density at radius 2 is 1.06 bits per heavy atom. The summed E-state index contributed by atoms with van der Waals surface area (Å²) in [5, 5.41) is 6.07. The Labute approximate surface area is 209 Å². The average molecular weight is 521 g/mol. The number of hydrogen-bond acceptors (Lipinski definition) is 3. The summed E-state index contributed by atoms with van der Waals surface area (Å²) in [5.74, 6) is -1.52. The lowest BCUT2D eigenvalue weighted by Crippen LogP contribution is -2.53. The van der Waals surface area contributed by atoms with E-state index >= 15 is 0 Å². The molecule has 1 unspecified atom stereocenters. The molecule has 0 aromatic heterocycles. The van der Waals surface area contributed by atoms with E-state index in [1.807, 2.05) is 112 Å². The van der Waals surface area contributed by atoms with Gasteiger partial charge in [-0.2, -0.15) is 0 Å². The molecule has 0 fully saturated rings. The molecule has 0 aliphatic carbocycles. The Morgan fingerprint density at radius 3 is 1.31 bits per heavy atom. The van der Waals surface area contributed by atoms with Crippen molar-refractivity contribution < 1.29 is 31.6 Å². The first-order valence-corrected chi connectivity index (χ1v) is 13.0. The van der Waals surface area contributed by atoms with Gasteiger partial charge in [-0.15, -0.1) is 0 Å². The van der Waals surface area contributed by atoms with E-state index < -0.39 is 31.7 Å². The highest BCUT2D eigenvalue weighted by molar-refractivity contribution is 7.96. The van der Waals surface area contributed by atoms with E-state index in [0.29, 0.717) is 0 Å². The fraction of sp³-hybridized carbons (Fsp3) is 0.231. The standard InChI is InChI=1S/C26H28NO3P.BF4/c1-26(2,3)25(29)27-23(24(28)30-4)31(20-14-8-5-9-15-20,21-16-10-6-11-17-21)22-18-12-7-13-19-22;2-1(3,4)5/h5-19,23H,1-4H3;/q;-1/p+1. The van der Waals surface area contributed by atoms with Crippen molar-refractivity contribution in [3.8, 4) is 0 Å². The zero-order valence-corrected chi connectivity index (χ0v) is 21.4. The monoisotopic (exact) mass is 521 g/mol. The summed E-state index contributed by atoms with van der Waals surface area (Å²) in [7, 11) is -7.30. The lowest BCUT2D eigenvalue weighted by atomic mass is 9.96. The summed E-state index contributed by atoms with van der Waals surface area (Å²) in [4.78, 5) is 26.5. The Morgan fingerprint density at radius 1 is 0.750 bits per heavy atom. The van der Waals surface area contributed by atoms with Crippen LogP contribution in [0.5, 0.6) is 0 Å². The van der Waals surface area contributed by atoms with Crippen molar-refractivity contribution in [1.82, 2.24) is 5.32 Å². The zero-order chi connectivity index (χ0) is 27.0. The number of rotatable bonds is 6. The molecule has 1 N–H and O–H groups in total. The molecule has 0 aliphatic rings. The highest BCUT2D eigenvalue weighted by Gasteiger charge is 2.57. The number of methoxy groups -OCH3 is 1. The van der Waals surface area contributed by atoms with Crippen molar-refractivity contribution in [3.63, 3.8) is 0 Å². The van der Waals surface area contributed by atoms with Crippen LogP contribution in [0.25, 0.3) is 0 Å². The molecule has 36 heavy (non-hydrogen) atoms. The molecular weight excluding hydrogens is 492 g/mol. The Kier molecular flexibility index (Phi) is 9.82. The maximum atomic E-state index is 13.3. The van der Waals surface area contributed by atoms with Crippen LogP contribution in [0.3, 0.4) is 0 Å². The number of hydrogen-bond donors (Lipinski definition) is 1. The minimum atomic E-state index is -6.00. The molecule has 0 saturated heterocycles. The van der Waals surface area contributed by atoms with E-state index in [0.717, 1.165) is 15.9 Å². The van der Waals surface area contributed by atoms with Gasteiger partial charge in [0.15, 0.2) is 0 Å². The second-order valence-electron chi connectivity index (χ2n) is 8.87. The second-order valence-corrected chi connectivity index (χ2v) is 12.4. The highest BCUT2D eigenvalue weighted by Crippen LogP contribution is 2.59. The SMILES string of the molecule is COC(=O)C(NC(=O)C(C)(C)C)[P+](c1ccccc1)(c1ccccc1)c1ccccc1.F[B-](F)(F)F. The molecule has 1 atom stereocenters. The van der Waals surface area contributed by atoms with Gasteiger partial charge in [0.2, 0.25) is 5.91 Å². The van der Waals surface area contributed by atoms with Gasteiger partial charge < -0.3 is 27.3 Å². The van der Waals surface area contributed by atoms with E-state index in [2.05, 4.69) is 5.32 Å². The van der Waals surface area contributed by atoms with Crippen molar-refractivity contribution >= 4 is 42.3 Å². The van der Waals surface area contributed by atoms with Crippen molar-refractivity contribution in [2.45, 2.75) is 26.6 Å². The zero-order valence-electron chi connectivity index (χ0n) is 20.5. The predicted octanol–water partition coefficient (Wildman–Crippen LogP) is 4.94. The first-order valence-electron chi connectivity index (χ1n) is 11.1. The third-order valence-corrected chi connectivity index (χ3v) is 9.70. The van der Waals surface area contributed by atoms with Crippen LogP contribution >= 0.6 is 7.26 Å². The highest BCUT2D eigenvalue weighted by atomic mass is 31.2. The maximum Gasteiger partial charge on any atom is 0.673 e. The summed E-state index contributed by atoms with van der Waals surface area (Å²) < 4.78 is 44.3. The maximum absolute atomic E-state index is 13.3. The number of carbonyl (C=O) groups is 2.